The van der Waals surface area contributed by atoms with Crippen molar-refractivity contribution in [1.29, 1.82) is 0 Å². The minimum absolute atomic E-state index is 0.291. The maximum Gasteiger partial charge on any atom is 0.339 e. The van der Waals surface area contributed by atoms with Crippen molar-refractivity contribution in [1.82, 2.24) is 4.98 Å². The van der Waals surface area contributed by atoms with Crippen molar-refractivity contribution in [2.45, 2.75) is 25.9 Å². The number of piperidine rings is 1. The van der Waals surface area contributed by atoms with E-state index < -0.39 is 0 Å². The van der Waals surface area contributed by atoms with E-state index in [1.165, 1.54) is 7.11 Å². The van der Waals surface area contributed by atoms with Crippen molar-refractivity contribution in [3.05, 3.63) is 23.4 Å². The minimum atomic E-state index is -0.370. The van der Waals surface area contributed by atoms with Crippen LogP contribution < -0.4 is 4.90 Å². The maximum absolute atomic E-state index is 11.5. The van der Waals surface area contributed by atoms with Gasteiger partial charge in [0, 0.05) is 13.1 Å². The largest absolute Gasteiger partial charge is 0.465 e. The van der Waals surface area contributed by atoms with Crippen LogP contribution in [0.1, 0.15) is 28.9 Å². The van der Waals surface area contributed by atoms with Gasteiger partial charge in [0.05, 0.1) is 24.5 Å². The molecular formula is C13H18N2O3. The van der Waals surface area contributed by atoms with Gasteiger partial charge in [0.15, 0.2) is 0 Å². The van der Waals surface area contributed by atoms with E-state index >= 15 is 0 Å². The molecule has 0 aliphatic carbocycles. The van der Waals surface area contributed by atoms with E-state index in [-0.39, 0.29) is 12.1 Å². The number of carbonyl (C=O) groups excluding carboxylic acids is 1. The normalized spacial score (nSPS) is 19.7. The molecule has 2 heterocycles. The van der Waals surface area contributed by atoms with Crippen molar-refractivity contribution in [2.75, 3.05) is 25.1 Å². The fourth-order valence-corrected chi connectivity index (χ4v) is 2.21. The van der Waals surface area contributed by atoms with Crippen LogP contribution in [0.2, 0.25) is 0 Å². The Morgan fingerprint density at radius 1 is 1.56 bits per heavy atom. The molecule has 18 heavy (non-hydrogen) atoms. The molecule has 1 saturated heterocycles. The lowest BCUT2D eigenvalue weighted by Crippen LogP contribution is -2.38. The molecule has 0 amide bonds. The summed E-state index contributed by atoms with van der Waals surface area (Å²) in [7, 11) is 1.36. The summed E-state index contributed by atoms with van der Waals surface area (Å²) in [6.07, 6.45) is 1.51. The monoisotopic (exact) mass is 250 g/mol. The number of anilines is 1. The Bertz CT molecular complexity index is 448. The van der Waals surface area contributed by atoms with E-state index in [0.29, 0.717) is 17.8 Å². The van der Waals surface area contributed by atoms with E-state index in [0.717, 1.165) is 25.2 Å². The highest BCUT2D eigenvalue weighted by atomic mass is 16.5. The molecule has 1 aromatic heterocycles. The molecule has 0 saturated carbocycles. The van der Waals surface area contributed by atoms with E-state index in [4.69, 9.17) is 0 Å². The fourth-order valence-electron chi connectivity index (χ4n) is 2.21. The molecule has 2 rings (SSSR count). The quantitative estimate of drug-likeness (QED) is 0.797. The predicted octanol–water partition coefficient (Wildman–Crippen LogP) is 1.14. The van der Waals surface area contributed by atoms with Gasteiger partial charge in [-0.1, -0.05) is 0 Å². The third-order valence-electron chi connectivity index (χ3n) is 3.20. The van der Waals surface area contributed by atoms with Gasteiger partial charge in [-0.3, -0.25) is 0 Å². The lowest BCUT2D eigenvalue weighted by Gasteiger charge is -2.31. The van der Waals surface area contributed by atoms with Crippen molar-refractivity contribution in [3.8, 4) is 0 Å². The summed E-state index contributed by atoms with van der Waals surface area (Å²) in [6, 6.07) is 3.53. The van der Waals surface area contributed by atoms with Gasteiger partial charge in [-0.2, -0.15) is 0 Å². The van der Waals surface area contributed by atoms with Crippen LogP contribution in [-0.4, -0.2) is 42.4 Å². The summed E-state index contributed by atoms with van der Waals surface area (Å²) in [6.45, 7) is 3.28. The number of aliphatic hydroxyl groups is 1. The topological polar surface area (TPSA) is 62.7 Å². The van der Waals surface area contributed by atoms with Gasteiger partial charge in [-0.25, -0.2) is 9.78 Å². The highest BCUT2D eigenvalue weighted by Crippen LogP contribution is 2.20. The molecule has 1 unspecified atom stereocenters. The number of aliphatic hydroxyl groups excluding tert-OH is 1. The Kier molecular flexibility index (Phi) is 3.81. The standard InChI is InChI=1S/C13H18N2O3/c1-9-11(13(17)18-2)5-6-12(14-9)15-7-3-4-10(16)8-15/h5-6,10,16H,3-4,7-8H2,1-2H3. The van der Waals surface area contributed by atoms with Gasteiger partial charge in [-0.15, -0.1) is 0 Å². The zero-order valence-electron chi connectivity index (χ0n) is 10.7. The number of pyridine rings is 1. The SMILES string of the molecule is COC(=O)c1ccc(N2CCCC(O)C2)nc1C. The number of aryl methyl sites for hydroxylation is 1. The highest BCUT2D eigenvalue weighted by Gasteiger charge is 2.20. The van der Waals surface area contributed by atoms with Gasteiger partial charge in [0.1, 0.15) is 5.82 Å². The second kappa shape index (κ2) is 5.35. The number of ether oxygens (including phenoxy) is 1. The van der Waals surface area contributed by atoms with Crippen molar-refractivity contribution >= 4 is 11.8 Å². The number of hydrogen-bond acceptors (Lipinski definition) is 5. The molecule has 0 spiro atoms. The molecule has 1 N–H and O–H groups in total. The van der Waals surface area contributed by atoms with Gasteiger partial charge in [0.2, 0.25) is 0 Å². The molecule has 98 valence electrons. The van der Waals surface area contributed by atoms with Gasteiger partial charge < -0.3 is 14.7 Å². The smallest absolute Gasteiger partial charge is 0.339 e. The first kappa shape index (κ1) is 12.8. The summed E-state index contributed by atoms with van der Waals surface area (Å²) in [5.41, 5.74) is 1.14. The second-order valence-electron chi connectivity index (χ2n) is 4.54. The fraction of sp³-hybridized carbons (Fsp3) is 0.538. The molecule has 5 heteroatoms. The molecule has 1 atom stereocenters. The lowest BCUT2D eigenvalue weighted by atomic mass is 10.1. The summed E-state index contributed by atoms with van der Waals surface area (Å²) in [5.74, 6) is 0.434. The molecule has 5 nitrogen and oxygen atoms in total. The van der Waals surface area contributed by atoms with Crippen LogP contribution in [0.3, 0.4) is 0 Å². The van der Waals surface area contributed by atoms with Crippen molar-refractivity contribution in [2.24, 2.45) is 0 Å². The van der Waals surface area contributed by atoms with Gasteiger partial charge in [0.25, 0.3) is 0 Å². The predicted molar refractivity (Wildman–Crippen MR) is 67.8 cm³/mol. The average Bonchev–Trinajstić information content (AvgIpc) is 2.37. The minimum Gasteiger partial charge on any atom is -0.465 e. The number of methoxy groups -OCH3 is 1. The zero-order chi connectivity index (χ0) is 13.1. The third kappa shape index (κ3) is 2.61. The maximum atomic E-state index is 11.5. The number of β-amino-alcohol motifs (C(OH)–C–C–N with tert-alkyl or cyclic N) is 1. The van der Waals surface area contributed by atoms with Crippen LogP contribution in [0.4, 0.5) is 5.82 Å². The van der Waals surface area contributed by atoms with E-state index in [2.05, 4.69) is 9.72 Å². The Hall–Kier alpha value is -1.62. The number of rotatable bonds is 2. The first-order valence-electron chi connectivity index (χ1n) is 6.11. The van der Waals surface area contributed by atoms with Crippen LogP contribution in [0.25, 0.3) is 0 Å². The Morgan fingerprint density at radius 2 is 2.33 bits per heavy atom. The lowest BCUT2D eigenvalue weighted by molar-refractivity contribution is 0.0599. The number of nitrogens with zero attached hydrogens (tertiary/aromatic N) is 2. The van der Waals surface area contributed by atoms with Crippen LogP contribution in [0.15, 0.2) is 12.1 Å². The van der Waals surface area contributed by atoms with Gasteiger partial charge >= 0.3 is 5.97 Å². The summed E-state index contributed by atoms with van der Waals surface area (Å²) in [5, 5.41) is 9.65. The summed E-state index contributed by atoms with van der Waals surface area (Å²) >= 11 is 0. The zero-order valence-corrected chi connectivity index (χ0v) is 10.7. The average molecular weight is 250 g/mol. The molecule has 0 aromatic carbocycles. The Balaban J connectivity index is 2.20. The first-order chi connectivity index (χ1) is 8.61. The van der Waals surface area contributed by atoms with Crippen LogP contribution in [-0.2, 0) is 4.74 Å². The van der Waals surface area contributed by atoms with Crippen LogP contribution >= 0.6 is 0 Å². The molecule has 1 aliphatic rings. The van der Waals surface area contributed by atoms with E-state index in [9.17, 15) is 9.90 Å². The van der Waals surface area contributed by atoms with E-state index in [1.54, 1.807) is 19.1 Å². The Morgan fingerprint density at radius 3 is 2.94 bits per heavy atom. The molecule has 1 aromatic rings. The summed E-state index contributed by atoms with van der Waals surface area (Å²) in [4.78, 5) is 17.9. The van der Waals surface area contributed by atoms with Crippen molar-refractivity contribution in [3.63, 3.8) is 0 Å². The number of esters is 1. The molecule has 0 bridgehead atoms. The van der Waals surface area contributed by atoms with Crippen LogP contribution in [0, 0.1) is 6.92 Å². The number of aromatic nitrogens is 1. The first-order valence-corrected chi connectivity index (χ1v) is 6.11. The number of carbonyl (C=O) groups is 1. The summed E-state index contributed by atoms with van der Waals surface area (Å²) < 4.78 is 4.69. The number of hydrogen-bond donors (Lipinski definition) is 1. The van der Waals surface area contributed by atoms with Gasteiger partial charge in [-0.05, 0) is 31.9 Å². The van der Waals surface area contributed by atoms with Crippen molar-refractivity contribution < 1.29 is 14.6 Å². The van der Waals surface area contributed by atoms with E-state index in [1.807, 2.05) is 4.90 Å². The van der Waals surface area contributed by atoms with Crippen LogP contribution in [0.5, 0.6) is 0 Å². The molecule has 1 fully saturated rings. The second-order valence-corrected chi connectivity index (χ2v) is 4.54. The molecular weight excluding hydrogens is 232 g/mol. The highest BCUT2D eigenvalue weighted by molar-refractivity contribution is 5.90. The molecule has 0 radical (unpaired) electrons. The molecule has 1 aliphatic heterocycles. The third-order valence-corrected chi connectivity index (χ3v) is 3.20. The Labute approximate surface area is 106 Å².